The summed E-state index contributed by atoms with van der Waals surface area (Å²) in [6.07, 6.45) is 0.821. The lowest BCUT2D eigenvalue weighted by Gasteiger charge is -2.35. The molecule has 2 aromatic rings. The predicted molar refractivity (Wildman–Crippen MR) is 104 cm³/mol. The number of hydrogen-bond acceptors (Lipinski definition) is 6. The second-order valence-electron chi connectivity index (χ2n) is 6.61. The fourth-order valence-corrected chi connectivity index (χ4v) is 4.33. The van der Waals surface area contributed by atoms with Gasteiger partial charge in [-0.2, -0.15) is 0 Å². The monoisotopic (exact) mass is 372 g/mol. The van der Waals surface area contributed by atoms with Crippen molar-refractivity contribution in [2.75, 3.05) is 49.5 Å². The van der Waals surface area contributed by atoms with E-state index in [9.17, 15) is 4.79 Å². The Balaban J connectivity index is 1.38. The molecule has 0 unspecified atom stereocenters. The zero-order chi connectivity index (χ0) is 17.9. The van der Waals surface area contributed by atoms with Crippen LogP contribution in [-0.2, 0) is 17.8 Å². The van der Waals surface area contributed by atoms with Crippen LogP contribution < -0.4 is 10.2 Å². The molecule has 138 valence electrons. The molecule has 0 aliphatic carbocycles. The maximum atomic E-state index is 12.5. The zero-order valence-corrected chi connectivity index (χ0v) is 15.8. The van der Waals surface area contributed by atoms with Gasteiger partial charge >= 0.3 is 0 Å². The molecule has 6 nitrogen and oxygen atoms in total. The molecular weight excluding hydrogens is 348 g/mol. The molecule has 0 bridgehead atoms. The van der Waals surface area contributed by atoms with Crippen LogP contribution in [0, 0.1) is 0 Å². The van der Waals surface area contributed by atoms with Crippen LogP contribution in [0.1, 0.15) is 27.9 Å². The summed E-state index contributed by atoms with van der Waals surface area (Å²) < 4.78 is 5.43. The minimum Gasteiger partial charge on any atom is -0.375 e. The molecule has 1 saturated heterocycles. The van der Waals surface area contributed by atoms with Gasteiger partial charge in [-0.25, -0.2) is 4.98 Å². The van der Waals surface area contributed by atoms with Crippen molar-refractivity contribution in [2.45, 2.75) is 20.0 Å². The molecule has 2 aliphatic heterocycles. The quantitative estimate of drug-likeness (QED) is 0.894. The van der Waals surface area contributed by atoms with E-state index < -0.39 is 0 Å². The number of hydrogen-bond donors (Lipinski definition) is 1. The third-order valence-corrected chi connectivity index (χ3v) is 6.02. The Morgan fingerprint density at radius 3 is 2.69 bits per heavy atom. The average Bonchev–Trinajstić information content (AvgIpc) is 3.10. The molecule has 1 aromatic heterocycles. The number of fused-ring (bicyclic) bond motifs is 1. The number of aromatic nitrogens is 1. The van der Waals surface area contributed by atoms with Crippen molar-refractivity contribution in [1.82, 2.24) is 9.88 Å². The normalized spacial score (nSPS) is 17.8. The molecule has 0 atom stereocenters. The highest BCUT2D eigenvalue weighted by atomic mass is 32.1. The lowest BCUT2D eigenvalue weighted by Crippen LogP contribution is -2.46. The van der Waals surface area contributed by atoms with Gasteiger partial charge in [0.15, 0.2) is 5.13 Å². The fourth-order valence-electron chi connectivity index (χ4n) is 3.39. The van der Waals surface area contributed by atoms with Gasteiger partial charge in [0.25, 0.3) is 5.91 Å². The minimum absolute atomic E-state index is 0.112. The van der Waals surface area contributed by atoms with Crippen molar-refractivity contribution in [1.29, 1.82) is 0 Å². The Morgan fingerprint density at radius 2 is 2.00 bits per heavy atom. The van der Waals surface area contributed by atoms with Crippen molar-refractivity contribution in [3.8, 4) is 0 Å². The van der Waals surface area contributed by atoms with Gasteiger partial charge in [-0.3, -0.25) is 10.1 Å². The summed E-state index contributed by atoms with van der Waals surface area (Å²) in [7, 11) is 0. The Morgan fingerprint density at radius 1 is 1.23 bits per heavy atom. The number of thiazole rings is 1. The molecule has 1 amide bonds. The largest absolute Gasteiger partial charge is 0.375 e. The molecule has 0 saturated carbocycles. The molecule has 0 spiro atoms. The van der Waals surface area contributed by atoms with Crippen molar-refractivity contribution in [3.63, 3.8) is 0 Å². The molecule has 7 heteroatoms. The summed E-state index contributed by atoms with van der Waals surface area (Å²) in [5.74, 6) is -0.112. The Kier molecular flexibility index (Phi) is 5.19. The SMILES string of the molecule is CCN1CCN(c2ccc(C(=O)Nc3nc4c(s3)COCC4)cc2)CC1. The third kappa shape index (κ3) is 3.75. The van der Waals surface area contributed by atoms with Crippen molar-refractivity contribution in [2.24, 2.45) is 0 Å². The van der Waals surface area contributed by atoms with Gasteiger partial charge in [-0.15, -0.1) is 0 Å². The van der Waals surface area contributed by atoms with E-state index in [0.717, 1.165) is 49.7 Å². The highest BCUT2D eigenvalue weighted by Crippen LogP contribution is 2.27. The lowest BCUT2D eigenvalue weighted by molar-refractivity contribution is 0.102. The van der Waals surface area contributed by atoms with E-state index in [1.54, 1.807) is 0 Å². The molecule has 2 aliphatic rings. The van der Waals surface area contributed by atoms with Crippen LogP contribution in [0.3, 0.4) is 0 Å². The van der Waals surface area contributed by atoms with Crippen LogP contribution in [-0.4, -0.2) is 55.1 Å². The van der Waals surface area contributed by atoms with E-state index in [1.807, 2.05) is 24.3 Å². The zero-order valence-electron chi connectivity index (χ0n) is 15.0. The number of carbonyl (C=O) groups is 1. The maximum Gasteiger partial charge on any atom is 0.257 e. The van der Waals surface area contributed by atoms with Crippen LogP contribution in [0.2, 0.25) is 0 Å². The van der Waals surface area contributed by atoms with Crippen LogP contribution in [0.25, 0.3) is 0 Å². The highest BCUT2D eigenvalue weighted by molar-refractivity contribution is 7.15. The van der Waals surface area contributed by atoms with Gasteiger partial charge in [0.1, 0.15) is 0 Å². The second kappa shape index (κ2) is 7.73. The number of ether oxygens (including phenoxy) is 1. The van der Waals surface area contributed by atoms with Gasteiger partial charge in [0.05, 0.1) is 23.8 Å². The molecule has 0 radical (unpaired) electrons. The van der Waals surface area contributed by atoms with Gasteiger partial charge in [-0.05, 0) is 30.8 Å². The van der Waals surface area contributed by atoms with Crippen LogP contribution in [0.4, 0.5) is 10.8 Å². The molecule has 4 rings (SSSR count). The first-order valence-electron chi connectivity index (χ1n) is 9.18. The molecule has 1 fully saturated rings. The second-order valence-corrected chi connectivity index (χ2v) is 7.70. The van der Waals surface area contributed by atoms with Crippen LogP contribution >= 0.6 is 11.3 Å². The van der Waals surface area contributed by atoms with Crippen molar-refractivity contribution < 1.29 is 9.53 Å². The highest BCUT2D eigenvalue weighted by Gasteiger charge is 2.18. The summed E-state index contributed by atoms with van der Waals surface area (Å²) in [6, 6.07) is 7.87. The summed E-state index contributed by atoms with van der Waals surface area (Å²) in [5, 5.41) is 3.58. The predicted octanol–water partition coefficient (Wildman–Crippen LogP) is 2.61. The van der Waals surface area contributed by atoms with Crippen LogP contribution in [0.15, 0.2) is 24.3 Å². The first-order chi connectivity index (χ1) is 12.7. The molecule has 3 heterocycles. The third-order valence-electron chi connectivity index (χ3n) is 5.03. The number of likely N-dealkylation sites (N-methyl/N-ethyl adjacent to an activating group) is 1. The topological polar surface area (TPSA) is 57.7 Å². The van der Waals surface area contributed by atoms with E-state index in [1.165, 1.54) is 17.0 Å². The average molecular weight is 372 g/mol. The number of carbonyl (C=O) groups excluding carboxylic acids is 1. The van der Waals surface area contributed by atoms with E-state index in [0.29, 0.717) is 23.9 Å². The van der Waals surface area contributed by atoms with E-state index in [-0.39, 0.29) is 5.91 Å². The van der Waals surface area contributed by atoms with Crippen molar-refractivity contribution in [3.05, 3.63) is 40.4 Å². The summed E-state index contributed by atoms with van der Waals surface area (Å²) in [5.41, 5.74) is 2.89. The van der Waals surface area contributed by atoms with E-state index >= 15 is 0 Å². The lowest BCUT2D eigenvalue weighted by atomic mass is 10.1. The van der Waals surface area contributed by atoms with Gasteiger partial charge in [-0.1, -0.05) is 18.3 Å². The van der Waals surface area contributed by atoms with Gasteiger partial charge < -0.3 is 14.5 Å². The number of rotatable bonds is 4. The van der Waals surface area contributed by atoms with Gasteiger partial charge in [0, 0.05) is 43.9 Å². The number of benzene rings is 1. The first-order valence-corrected chi connectivity index (χ1v) is 9.99. The number of nitrogens with one attached hydrogen (secondary N) is 1. The summed E-state index contributed by atoms with van der Waals surface area (Å²) in [6.45, 7) is 8.88. The summed E-state index contributed by atoms with van der Waals surface area (Å²) in [4.78, 5) is 23.0. The maximum absolute atomic E-state index is 12.5. The number of nitrogens with zero attached hydrogens (tertiary/aromatic N) is 3. The fraction of sp³-hybridized carbons (Fsp3) is 0.474. The smallest absolute Gasteiger partial charge is 0.257 e. The molecular formula is C19H24N4O2S. The summed E-state index contributed by atoms with van der Waals surface area (Å²) >= 11 is 1.51. The molecule has 1 N–H and O–H groups in total. The first kappa shape index (κ1) is 17.5. The molecule has 26 heavy (non-hydrogen) atoms. The Bertz CT molecular complexity index is 743. The van der Waals surface area contributed by atoms with Gasteiger partial charge in [0.2, 0.25) is 0 Å². The van der Waals surface area contributed by atoms with Crippen molar-refractivity contribution >= 4 is 28.1 Å². The minimum atomic E-state index is -0.112. The van der Waals surface area contributed by atoms with Crippen LogP contribution in [0.5, 0.6) is 0 Å². The van der Waals surface area contributed by atoms with E-state index in [4.69, 9.17) is 4.74 Å². The number of piperazine rings is 1. The molecule has 1 aromatic carbocycles. The standard InChI is InChI=1S/C19H24N4O2S/c1-2-22-8-10-23(11-9-22)15-5-3-14(4-6-15)18(24)21-19-20-16-7-12-25-13-17(16)26-19/h3-6H,2,7-13H2,1H3,(H,20,21,24). The van der Waals surface area contributed by atoms with E-state index in [2.05, 4.69) is 27.0 Å². The number of amides is 1. The Labute approximate surface area is 157 Å². The Hall–Kier alpha value is -1.96. The number of anilines is 2.